The molecule has 3 heteroatoms. The molecular formula is C20H21NOS. The summed E-state index contributed by atoms with van der Waals surface area (Å²) in [5, 5.41) is 2.85. The normalized spacial score (nSPS) is 13.3. The zero-order chi connectivity index (χ0) is 16.2. The second kappa shape index (κ2) is 5.07. The summed E-state index contributed by atoms with van der Waals surface area (Å²) in [4.78, 5) is 15.4. The molecule has 0 bridgehead atoms. The van der Waals surface area contributed by atoms with E-state index in [0.29, 0.717) is 5.41 Å². The average Bonchev–Trinajstić information content (AvgIpc) is 3.09. The molecule has 118 valence electrons. The number of aryl methyl sites for hydroxylation is 1. The molecule has 1 aromatic carbocycles. The van der Waals surface area contributed by atoms with Crippen molar-refractivity contribution in [3.8, 4) is 11.3 Å². The number of thiophene rings is 1. The Morgan fingerprint density at radius 1 is 1.17 bits per heavy atom. The van der Waals surface area contributed by atoms with Gasteiger partial charge in [0.25, 0.3) is 5.56 Å². The van der Waals surface area contributed by atoms with E-state index in [9.17, 15) is 4.79 Å². The Bertz CT molecular complexity index is 956. The molecule has 0 amide bonds. The fourth-order valence-corrected chi connectivity index (χ4v) is 4.43. The van der Waals surface area contributed by atoms with Gasteiger partial charge >= 0.3 is 0 Å². The Balaban J connectivity index is 1.83. The van der Waals surface area contributed by atoms with Gasteiger partial charge in [0.15, 0.2) is 0 Å². The maximum atomic E-state index is 12.3. The summed E-state index contributed by atoms with van der Waals surface area (Å²) in [7, 11) is 0. The van der Waals surface area contributed by atoms with Gasteiger partial charge in [-0.3, -0.25) is 4.79 Å². The fraction of sp³-hybridized carbons (Fsp3) is 0.350. The van der Waals surface area contributed by atoms with Crippen LogP contribution in [-0.2, 0) is 12.8 Å². The Labute approximate surface area is 140 Å². The molecule has 0 saturated carbocycles. The first-order chi connectivity index (χ1) is 10.9. The molecule has 0 saturated heterocycles. The van der Waals surface area contributed by atoms with Gasteiger partial charge in [0, 0.05) is 16.7 Å². The number of hydrogen-bond acceptors (Lipinski definition) is 2. The van der Waals surface area contributed by atoms with Gasteiger partial charge in [0.1, 0.15) is 0 Å². The number of aromatic amines is 1. The zero-order valence-corrected chi connectivity index (χ0v) is 14.6. The highest BCUT2D eigenvalue weighted by atomic mass is 32.1. The molecule has 0 atom stereocenters. The van der Waals surface area contributed by atoms with Gasteiger partial charge in [0.2, 0.25) is 0 Å². The first-order valence-electron chi connectivity index (χ1n) is 8.17. The summed E-state index contributed by atoms with van der Waals surface area (Å²) in [6.07, 6.45) is 3.21. The lowest BCUT2D eigenvalue weighted by Crippen LogP contribution is -2.07. The highest BCUT2D eigenvalue weighted by Gasteiger charge is 2.25. The van der Waals surface area contributed by atoms with Crippen molar-refractivity contribution in [2.24, 2.45) is 5.41 Å². The molecule has 1 N–H and O–H groups in total. The van der Waals surface area contributed by atoms with E-state index in [0.717, 1.165) is 28.6 Å². The SMILES string of the molecule is CC(C)(C)CCc1cccc2c1Cc1c-2[nH]c(=O)c2ccsc12. The molecule has 2 heterocycles. The van der Waals surface area contributed by atoms with Crippen LogP contribution in [0.3, 0.4) is 0 Å². The highest BCUT2D eigenvalue weighted by molar-refractivity contribution is 7.17. The molecule has 0 aliphatic heterocycles. The van der Waals surface area contributed by atoms with Gasteiger partial charge in [0.05, 0.1) is 11.1 Å². The van der Waals surface area contributed by atoms with E-state index in [4.69, 9.17) is 0 Å². The predicted molar refractivity (Wildman–Crippen MR) is 98.5 cm³/mol. The lowest BCUT2D eigenvalue weighted by Gasteiger charge is -2.19. The molecule has 0 fully saturated rings. The second-order valence-corrected chi connectivity index (χ2v) is 8.57. The van der Waals surface area contributed by atoms with Crippen LogP contribution in [0.5, 0.6) is 0 Å². The summed E-state index contributed by atoms with van der Waals surface area (Å²) < 4.78 is 1.15. The molecule has 4 rings (SSSR count). The monoisotopic (exact) mass is 323 g/mol. The van der Waals surface area contributed by atoms with Crippen LogP contribution in [0.1, 0.15) is 43.9 Å². The van der Waals surface area contributed by atoms with Gasteiger partial charge in [-0.05, 0) is 46.4 Å². The Morgan fingerprint density at radius 2 is 2.00 bits per heavy atom. The van der Waals surface area contributed by atoms with Crippen LogP contribution < -0.4 is 5.56 Å². The van der Waals surface area contributed by atoms with Gasteiger partial charge in [-0.25, -0.2) is 0 Å². The Morgan fingerprint density at radius 3 is 2.78 bits per heavy atom. The van der Waals surface area contributed by atoms with Crippen LogP contribution in [0.2, 0.25) is 0 Å². The minimum atomic E-state index is 0.0351. The second-order valence-electron chi connectivity index (χ2n) is 7.65. The van der Waals surface area contributed by atoms with Crippen LogP contribution in [0.15, 0.2) is 34.4 Å². The molecule has 23 heavy (non-hydrogen) atoms. The van der Waals surface area contributed by atoms with Crippen molar-refractivity contribution >= 4 is 21.4 Å². The Kier molecular flexibility index (Phi) is 3.24. The number of fused-ring (bicyclic) bond motifs is 5. The fourth-order valence-electron chi connectivity index (χ4n) is 3.49. The largest absolute Gasteiger partial charge is 0.321 e. The quantitative estimate of drug-likeness (QED) is 0.544. The number of pyridine rings is 1. The zero-order valence-electron chi connectivity index (χ0n) is 13.8. The molecule has 3 aromatic rings. The summed E-state index contributed by atoms with van der Waals surface area (Å²) in [6, 6.07) is 8.46. The molecule has 2 nitrogen and oxygen atoms in total. The summed E-state index contributed by atoms with van der Waals surface area (Å²) in [5.74, 6) is 0. The highest BCUT2D eigenvalue weighted by Crippen LogP contribution is 2.41. The van der Waals surface area contributed by atoms with E-state index in [2.05, 4.69) is 44.0 Å². The minimum absolute atomic E-state index is 0.0351. The molecule has 0 radical (unpaired) electrons. The van der Waals surface area contributed by atoms with E-state index in [1.807, 2.05) is 11.4 Å². The van der Waals surface area contributed by atoms with Gasteiger partial charge < -0.3 is 4.98 Å². The molecule has 1 aliphatic carbocycles. The van der Waals surface area contributed by atoms with Crippen molar-refractivity contribution in [1.29, 1.82) is 0 Å². The smallest absolute Gasteiger partial charge is 0.257 e. The van der Waals surface area contributed by atoms with E-state index < -0.39 is 0 Å². The van der Waals surface area contributed by atoms with Gasteiger partial charge in [-0.2, -0.15) is 0 Å². The van der Waals surface area contributed by atoms with E-state index >= 15 is 0 Å². The maximum Gasteiger partial charge on any atom is 0.257 e. The molecule has 0 spiro atoms. The average molecular weight is 323 g/mol. The lowest BCUT2D eigenvalue weighted by atomic mass is 9.87. The van der Waals surface area contributed by atoms with Crippen LogP contribution in [-0.4, -0.2) is 4.98 Å². The van der Waals surface area contributed by atoms with Crippen molar-refractivity contribution in [3.63, 3.8) is 0 Å². The van der Waals surface area contributed by atoms with Crippen molar-refractivity contribution < 1.29 is 0 Å². The summed E-state index contributed by atoms with van der Waals surface area (Å²) in [6.45, 7) is 6.87. The third-order valence-corrected chi connectivity index (χ3v) is 5.74. The first-order valence-corrected chi connectivity index (χ1v) is 9.05. The standard InChI is InChI=1S/C20H21NOS/c1-20(2,3)9-7-12-5-4-6-13-15(12)11-16-17(13)21-19(22)14-8-10-23-18(14)16/h4-6,8,10H,7,9,11H2,1-3H3,(H,21,22). The van der Waals surface area contributed by atoms with E-state index in [1.165, 1.54) is 28.7 Å². The predicted octanol–water partition coefficient (Wildman–Crippen LogP) is 5.14. The molecule has 0 unspecified atom stereocenters. The molecule has 2 aromatic heterocycles. The summed E-state index contributed by atoms with van der Waals surface area (Å²) >= 11 is 1.68. The van der Waals surface area contributed by atoms with Crippen molar-refractivity contribution in [3.05, 3.63) is 56.7 Å². The first kappa shape index (κ1) is 14.7. The number of aromatic nitrogens is 1. The van der Waals surface area contributed by atoms with Crippen molar-refractivity contribution in [1.82, 2.24) is 4.98 Å². The summed E-state index contributed by atoms with van der Waals surface area (Å²) in [5.41, 5.74) is 6.77. The number of H-pyrrole nitrogens is 1. The molecule has 1 aliphatic rings. The molecular weight excluding hydrogens is 302 g/mol. The van der Waals surface area contributed by atoms with Gasteiger partial charge in [-0.15, -0.1) is 11.3 Å². The maximum absolute atomic E-state index is 12.3. The topological polar surface area (TPSA) is 32.9 Å². The lowest BCUT2D eigenvalue weighted by molar-refractivity contribution is 0.378. The van der Waals surface area contributed by atoms with E-state index in [-0.39, 0.29) is 5.56 Å². The van der Waals surface area contributed by atoms with Crippen LogP contribution >= 0.6 is 11.3 Å². The van der Waals surface area contributed by atoms with Crippen molar-refractivity contribution in [2.75, 3.05) is 0 Å². The van der Waals surface area contributed by atoms with Crippen LogP contribution in [0.4, 0.5) is 0 Å². The number of hydrogen-bond donors (Lipinski definition) is 1. The minimum Gasteiger partial charge on any atom is -0.321 e. The van der Waals surface area contributed by atoms with Crippen LogP contribution in [0.25, 0.3) is 21.3 Å². The van der Waals surface area contributed by atoms with Crippen LogP contribution in [0, 0.1) is 5.41 Å². The van der Waals surface area contributed by atoms with E-state index in [1.54, 1.807) is 11.3 Å². The number of nitrogens with one attached hydrogen (secondary N) is 1. The number of rotatable bonds is 2. The van der Waals surface area contributed by atoms with Crippen molar-refractivity contribution in [2.45, 2.75) is 40.0 Å². The number of benzene rings is 1. The Hall–Kier alpha value is -1.87. The van der Waals surface area contributed by atoms with Gasteiger partial charge in [-0.1, -0.05) is 39.0 Å². The third-order valence-electron chi connectivity index (χ3n) is 4.76. The third kappa shape index (κ3) is 2.43.